The van der Waals surface area contributed by atoms with Gasteiger partial charge in [0, 0.05) is 0 Å². The van der Waals surface area contributed by atoms with E-state index in [0.717, 1.165) is 5.92 Å². The van der Waals surface area contributed by atoms with E-state index in [0.29, 0.717) is 0 Å². The summed E-state index contributed by atoms with van der Waals surface area (Å²) < 4.78 is 0. The number of hydrogen-bond donors (Lipinski definition) is 0. The predicted molar refractivity (Wildman–Crippen MR) is 59.8 cm³/mol. The van der Waals surface area contributed by atoms with E-state index in [2.05, 4.69) is 33.8 Å². The van der Waals surface area contributed by atoms with Gasteiger partial charge in [0.05, 0.1) is 0 Å². The third-order valence-corrected chi connectivity index (χ3v) is 3.48. The van der Waals surface area contributed by atoms with E-state index in [1.54, 1.807) is 16.7 Å². The molecule has 1 rings (SSSR count). The molecule has 0 N–H and O–H groups in total. The average Bonchev–Trinajstić information content (AvgIpc) is 2.16. The standard InChI is InChI=1S/C13H22/c1-5-10(3)13-8-7-12(6-2)11(4)9-13/h5,13H,6-9H2,1-4H3/b10-5-. The van der Waals surface area contributed by atoms with Gasteiger partial charge in [-0.2, -0.15) is 0 Å². The second kappa shape index (κ2) is 4.64. The van der Waals surface area contributed by atoms with Crippen molar-refractivity contribution in [1.82, 2.24) is 0 Å². The van der Waals surface area contributed by atoms with Crippen LogP contribution in [0.15, 0.2) is 22.8 Å². The van der Waals surface area contributed by atoms with Gasteiger partial charge in [0.25, 0.3) is 0 Å². The minimum Gasteiger partial charge on any atom is -0.0884 e. The highest BCUT2D eigenvalue weighted by Gasteiger charge is 2.18. The molecule has 1 atom stereocenters. The number of rotatable bonds is 2. The highest BCUT2D eigenvalue weighted by Crippen LogP contribution is 2.34. The SMILES string of the molecule is C/C=C(/C)C1CCC(CC)=C(C)C1. The maximum Gasteiger partial charge on any atom is -0.0166 e. The minimum atomic E-state index is 0.834. The molecule has 0 fully saturated rings. The first kappa shape index (κ1) is 10.6. The zero-order valence-electron chi connectivity index (χ0n) is 9.48. The van der Waals surface area contributed by atoms with Gasteiger partial charge in [-0.3, -0.25) is 0 Å². The predicted octanol–water partition coefficient (Wildman–Crippen LogP) is 4.48. The van der Waals surface area contributed by atoms with E-state index in [4.69, 9.17) is 0 Å². The summed E-state index contributed by atoms with van der Waals surface area (Å²) >= 11 is 0. The molecule has 0 aromatic heterocycles. The van der Waals surface area contributed by atoms with E-state index < -0.39 is 0 Å². The first-order chi connectivity index (χ1) is 6.19. The molecule has 0 amide bonds. The molecule has 74 valence electrons. The number of hydrogen-bond acceptors (Lipinski definition) is 0. The van der Waals surface area contributed by atoms with Gasteiger partial charge in [0.1, 0.15) is 0 Å². The van der Waals surface area contributed by atoms with Crippen LogP contribution in [-0.4, -0.2) is 0 Å². The molecule has 0 aliphatic heterocycles. The van der Waals surface area contributed by atoms with Gasteiger partial charge in [-0.1, -0.05) is 29.7 Å². The fraction of sp³-hybridized carbons (Fsp3) is 0.692. The Bertz CT molecular complexity index is 230. The molecule has 0 heteroatoms. The Labute approximate surface area is 82.7 Å². The van der Waals surface area contributed by atoms with Crippen LogP contribution in [0.1, 0.15) is 53.4 Å². The van der Waals surface area contributed by atoms with Gasteiger partial charge in [0.2, 0.25) is 0 Å². The summed E-state index contributed by atoms with van der Waals surface area (Å²) in [4.78, 5) is 0. The van der Waals surface area contributed by atoms with Crippen LogP contribution in [0.5, 0.6) is 0 Å². The second-order valence-corrected chi connectivity index (χ2v) is 4.21. The van der Waals surface area contributed by atoms with Crippen molar-refractivity contribution in [2.45, 2.75) is 53.4 Å². The lowest BCUT2D eigenvalue weighted by Crippen LogP contribution is -2.10. The molecule has 0 spiro atoms. The molecule has 0 radical (unpaired) electrons. The summed E-state index contributed by atoms with van der Waals surface area (Å²) in [5.41, 5.74) is 4.94. The topological polar surface area (TPSA) is 0 Å². The van der Waals surface area contributed by atoms with Crippen LogP contribution in [0.3, 0.4) is 0 Å². The lowest BCUT2D eigenvalue weighted by molar-refractivity contribution is 0.512. The Kier molecular flexibility index (Phi) is 3.77. The van der Waals surface area contributed by atoms with Crippen LogP contribution in [0, 0.1) is 5.92 Å². The molecule has 0 nitrogen and oxygen atoms in total. The molecule has 0 saturated heterocycles. The highest BCUT2D eigenvalue weighted by atomic mass is 14.2. The Hall–Kier alpha value is -0.520. The van der Waals surface area contributed by atoms with Gasteiger partial charge in [-0.15, -0.1) is 0 Å². The normalized spacial score (nSPS) is 25.2. The zero-order chi connectivity index (χ0) is 9.84. The monoisotopic (exact) mass is 178 g/mol. The molecule has 0 aromatic carbocycles. The molecule has 13 heavy (non-hydrogen) atoms. The van der Waals surface area contributed by atoms with Crippen LogP contribution >= 0.6 is 0 Å². The summed E-state index contributed by atoms with van der Waals surface area (Å²) in [7, 11) is 0. The Balaban J connectivity index is 2.68. The first-order valence-corrected chi connectivity index (χ1v) is 5.49. The van der Waals surface area contributed by atoms with Crippen molar-refractivity contribution in [2.75, 3.05) is 0 Å². The highest BCUT2D eigenvalue weighted by molar-refractivity contribution is 5.20. The minimum absolute atomic E-state index is 0.834. The molecule has 0 saturated carbocycles. The van der Waals surface area contributed by atoms with Gasteiger partial charge in [-0.25, -0.2) is 0 Å². The first-order valence-electron chi connectivity index (χ1n) is 5.49. The third kappa shape index (κ3) is 2.46. The van der Waals surface area contributed by atoms with E-state index in [1.165, 1.54) is 25.7 Å². The van der Waals surface area contributed by atoms with Crippen molar-refractivity contribution in [3.8, 4) is 0 Å². The van der Waals surface area contributed by atoms with Crippen LogP contribution < -0.4 is 0 Å². The van der Waals surface area contributed by atoms with Crippen LogP contribution in [0.25, 0.3) is 0 Å². The van der Waals surface area contributed by atoms with Crippen molar-refractivity contribution in [3.63, 3.8) is 0 Å². The van der Waals surface area contributed by atoms with Gasteiger partial charge >= 0.3 is 0 Å². The fourth-order valence-corrected chi connectivity index (χ4v) is 2.28. The lowest BCUT2D eigenvalue weighted by Gasteiger charge is -2.26. The molecule has 0 bridgehead atoms. The van der Waals surface area contributed by atoms with E-state index in [9.17, 15) is 0 Å². The van der Waals surface area contributed by atoms with Crippen molar-refractivity contribution >= 4 is 0 Å². The maximum absolute atomic E-state index is 2.31. The summed E-state index contributed by atoms with van der Waals surface area (Å²) in [6, 6.07) is 0. The summed E-state index contributed by atoms with van der Waals surface area (Å²) in [6.45, 7) is 9.02. The second-order valence-electron chi connectivity index (χ2n) is 4.21. The van der Waals surface area contributed by atoms with Crippen LogP contribution in [-0.2, 0) is 0 Å². The van der Waals surface area contributed by atoms with Crippen molar-refractivity contribution in [3.05, 3.63) is 22.8 Å². The lowest BCUT2D eigenvalue weighted by atomic mass is 9.80. The summed E-state index contributed by atoms with van der Waals surface area (Å²) in [5.74, 6) is 0.834. The van der Waals surface area contributed by atoms with Gasteiger partial charge < -0.3 is 0 Å². The third-order valence-electron chi connectivity index (χ3n) is 3.48. The van der Waals surface area contributed by atoms with Crippen molar-refractivity contribution < 1.29 is 0 Å². The van der Waals surface area contributed by atoms with Gasteiger partial charge in [0.15, 0.2) is 0 Å². The molecule has 1 unspecified atom stereocenters. The molecule has 1 aliphatic carbocycles. The Morgan fingerprint density at radius 2 is 2.23 bits per heavy atom. The summed E-state index contributed by atoms with van der Waals surface area (Å²) in [5, 5.41) is 0. The fourth-order valence-electron chi connectivity index (χ4n) is 2.28. The molecule has 1 aliphatic rings. The largest absolute Gasteiger partial charge is 0.0884 e. The average molecular weight is 178 g/mol. The van der Waals surface area contributed by atoms with Gasteiger partial charge in [-0.05, 0) is 52.4 Å². The maximum atomic E-state index is 2.31. The van der Waals surface area contributed by atoms with E-state index in [1.807, 2.05) is 0 Å². The molecular weight excluding hydrogens is 156 g/mol. The zero-order valence-corrected chi connectivity index (χ0v) is 9.48. The molecule has 0 aromatic rings. The Morgan fingerprint density at radius 3 is 2.69 bits per heavy atom. The van der Waals surface area contributed by atoms with E-state index >= 15 is 0 Å². The van der Waals surface area contributed by atoms with Crippen LogP contribution in [0.2, 0.25) is 0 Å². The smallest absolute Gasteiger partial charge is 0.0166 e. The van der Waals surface area contributed by atoms with Crippen LogP contribution in [0.4, 0.5) is 0 Å². The van der Waals surface area contributed by atoms with Crippen molar-refractivity contribution in [1.29, 1.82) is 0 Å². The number of allylic oxidation sites excluding steroid dienone is 4. The molecular formula is C13H22. The quantitative estimate of drug-likeness (QED) is 0.547. The van der Waals surface area contributed by atoms with E-state index in [-0.39, 0.29) is 0 Å². The molecule has 0 heterocycles. The Morgan fingerprint density at radius 1 is 1.54 bits per heavy atom. The summed E-state index contributed by atoms with van der Waals surface area (Å²) in [6.07, 6.45) is 7.54. The van der Waals surface area contributed by atoms with Crippen molar-refractivity contribution in [2.24, 2.45) is 5.92 Å².